The first-order chi connectivity index (χ1) is 6.04. The van der Waals surface area contributed by atoms with E-state index in [1.165, 1.54) is 0 Å². The Hall–Kier alpha value is -0.580. The Kier molecular flexibility index (Phi) is 3.30. The number of hydrogen-bond acceptors (Lipinski definition) is 2. The lowest BCUT2D eigenvalue weighted by Crippen LogP contribution is -2.36. The van der Waals surface area contributed by atoms with Gasteiger partial charge in [-0.15, -0.1) is 0 Å². The third-order valence-electron chi connectivity index (χ3n) is 2.24. The van der Waals surface area contributed by atoms with Gasteiger partial charge in [-0.3, -0.25) is 0 Å². The van der Waals surface area contributed by atoms with E-state index >= 15 is 0 Å². The van der Waals surface area contributed by atoms with Gasteiger partial charge in [0.05, 0.1) is 0 Å². The second-order valence-electron chi connectivity index (χ2n) is 3.29. The van der Waals surface area contributed by atoms with E-state index in [2.05, 4.69) is 0 Å². The molecule has 13 heavy (non-hydrogen) atoms. The van der Waals surface area contributed by atoms with Gasteiger partial charge in [-0.05, 0) is 25.9 Å². The summed E-state index contributed by atoms with van der Waals surface area (Å²) in [6.07, 6.45) is -2.52. The molecule has 1 aliphatic heterocycles. The molecule has 0 bridgehead atoms. The van der Waals surface area contributed by atoms with Crippen molar-refractivity contribution < 1.29 is 18.0 Å². The van der Waals surface area contributed by atoms with Crippen molar-refractivity contribution in [1.29, 1.82) is 0 Å². The van der Waals surface area contributed by atoms with Gasteiger partial charge in [-0.2, -0.15) is 13.2 Å². The third-order valence-corrected chi connectivity index (χ3v) is 2.24. The predicted octanol–water partition coefficient (Wildman–Crippen LogP) is 1.46. The van der Waals surface area contributed by atoms with Crippen molar-refractivity contribution in [3.05, 3.63) is 0 Å². The average Bonchev–Trinajstić information content (AvgIpc) is 2.49. The van der Waals surface area contributed by atoms with Crippen LogP contribution in [0.3, 0.4) is 0 Å². The predicted molar refractivity (Wildman–Crippen MR) is 41.3 cm³/mol. The largest absolute Gasteiger partial charge is 0.399 e. The molecule has 76 valence electrons. The van der Waals surface area contributed by atoms with Crippen LogP contribution in [-0.4, -0.2) is 37.0 Å². The van der Waals surface area contributed by atoms with Gasteiger partial charge in [0.15, 0.2) is 0 Å². The van der Waals surface area contributed by atoms with Crippen LogP contribution in [0, 0.1) is 5.92 Å². The number of halogens is 3. The lowest BCUT2D eigenvalue weighted by atomic mass is 10.1. The number of carbonyl (C=O) groups is 1. The van der Waals surface area contributed by atoms with E-state index in [0.29, 0.717) is 13.1 Å². The molecular weight excluding hydrogens is 183 g/mol. The minimum atomic E-state index is -4.38. The van der Waals surface area contributed by atoms with Crippen molar-refractivity contribution in [2.75, 3.05) is 19.6 Å². The summed E-state index contributed by atoms with van der Waals surface area (Å²) >= 11 is 0. The Morgan fingerprint density at radius 1 is 1.31 bits per heavy atom. The lowest BCUT2D eigenvalue weighted by Gasteiger charge is -2.20. The van der Waals surface area contributed by atoms with Gasteiger partial charge in [0.2, 0.25) is 0 Å². The minimum absolute atomic E-state index is 0.00167. The molecule has 0 aromatic heterocycles. The summed E-state index contributed by atoms with van der Waals surface area (Å²) in [6.45, 7) is 1.19. The van der Waals surface area contributed by atoms with Crippen molar-refractivity contribution in [3.63, 3.8) is 0 Å². The van der Waals surface area contributed by atoms with Gasteiger partial charge < -0.3 is 9.69 Å². The highest BCUT2D eigenvalue weighted by Crippen LogP contribution is 2.26. The molecule has 0 spiro atoms. The maximum atomic E-state index is 12.1. The molecule has 0 N–H and O–H groups in total. The monoisotopic (exact) mass is 195 g/mol. The first kappa shape index (κ1) is 10.5. The SMILES string of the molecule is O=C[C@H](CN1CCCC1)C(F)(F)F. The number of carbonyl (C=O) groups excluding carboxylic acids is 1. The molecule has 0 saturated carbocycles. The van der Waals surface area contributed by atoms with Gasteiger partial charge in [0, 0.05) is 6.54 Å². The molecule has 0 amide bonds. The Morgan fingerprint density at radius 3 is 2.23 bits per heavy atom. The van der Waals surface area contributed by atoms with E-state index < -0.39 is 12.1 Å². The highest BCUT2D eigenvalue weighted by atomic mass is 19.4. The fourth-order valence-electron chi connectivity index (χ4n) is 1.47. The minimum Gasteiger partial charge on any atom is -0.303 e. The van der Waals surface area contributed by atoms with Crippen molar-refractivity contribution >= 4 is 6.29 Å². The highest BCUT2D eigenvalue weighted by Gasteiger charge is 2.40. The van der Waals surface area contributed by atoms with Gasteiger partial charge in [0.25, 0.3) is 0 Å². The van der Waals surface area contributed by atoms with Crippen LogP contribution >= 0.6 is 0 Å². The molecule has 0 radical (unpaired) electrons. The maximum Gasteiger partial charge on any atom is 0.399 e. The summed E-state index contributed by atoms with van der Waals surface area (Å²) in [7, 11) is 0. The van der Waals surface area contributed by atoms with Crippen molar-refractivity contribution in [1.82, 2.24) is 4.90 Å². The lowest BCUT2D eigenvalue weighted by molar-refractivity contribution is -0.177. The summed E-state index contributed by atoms with van der Waals surface area (Å²) < 4.78 is 36.3. The van der Waals surface area contributed by atoms with E-state index in [-0.39, 0.29) is 12.8 Å². The van der Waals surface area contributed by atoms with Gasteiger partial charge in [0.1, 0.15) is 12.2 Å². The topological polar surface area (TPSA) is 20.3 Å². The second-order valence-corrected chi connectivity index (χ2v) is 3.29. The van der Waals surface area contributed by atoms with Crippen molar-refractivity contribution in [3.8, 4) is 0 Å². The summed E-state index contributed by atoms with van der Waals surface area (Å²) in [6, 6.07) is 0. The second kappa shape index (κ2) is 4.09. The van der Waals surface area contributed by atoms with Crippen LogP contribution in [-0.2, 0) is 4.79 Å². The summed E-state index contributed by atoms with van der Waals surface area (Å²) in [4.78, 5) is 11.9. The molecule has 0 aromatic carbocycles. The first-order valence-electron chi connectivity index (χ1n) is 4.28. The van der Waals surface area contributed by atoms with Crippen LogP contribution in [0.15, 0.2) is 0 Å². The normalized spacial score (nSPS) is 21.8. The number of hydrogen-bond donors (Lipinski definition) is 0. The number of alkyl halides is 3. The van der Waals surface area contributed by atoms with Crippen LogP contribution in [0.5, 0.6) is 0 Å². The summed E-state index contributed by atoms with van der Waals surface area (Å²) in [5.74, 6) is -1.81. The molecule has 1 heterocycles. The number of likely N-dealkylation sites (tertiary alicyclic amines) is 1. The molecule has 0 aliphatic carbocycles. The summed E-state index contributed by atoms with van der Waals surface area (Å²) in [5.41, 5.74) is 0. The Bertz CT molecular complexity index is 175. The van der Waals surface area contributed by atoms with Crippen molar-refractivity contribution in [2.24, 2.45) is 5.92 Å². The quantitative estimate of drug-likeness (QED) is 0.635. The van der Waals surface area contributed by atoms with E-state index in [4.69, 9.17) is 0 Å². The molecule has 0 aromatic rings. The van der Waals surface area contributed by atoms with Gasteiger partial charge in [-0.25, -0.2) is 0 Å². The van der Waals surface area contributed by atoms with E-state index in [1.807, 2.05) is 0 Å². The van der Waals surface area contributed by atoms with Crippen molar-refractivity contribution in [2.45, 2.75) is 19.0 Å². The fourth-order valence-corrected chi connectivity index (χ4v) is 1.47. The van der Waals surface area contributed by atoms with Gasteiger partial charge >= 0.3 is 6.18 Å². The standard InChI is InChI=1S/C8H12F3NO/c9-8(10,11)7(6-13)5-12-3-1-2-4-12/h6-7H,1-5H2/t7-/m0/s1. The van der Waals surface area contributed by atoms with Crippen LogP contribution in [0.4, 0.5) is 13.2 Å². The molecule has 1 rings (SSSR count). The number of aldehydes is 1. The molecule has 1 aliphatic rings. The zero-order valence-electron chi connectivity index (χ0n) is 7.18. The number of rotatable bonds is 3. The van der Waals surface area contributed by atoms with E-state index in [1.54, 1.807) is 4.90 Å². The molecular formula is C8H12F3NO. The molecule has 5 heteroatoms. The molecule has 1 saturated heterocycles. The first-order valence-corrected chi connectivity index (χ1v) is 4.28. The van der Waals surface area contributed by atoms with Crippen LogP contribution < -0.4 is 0 Å². The van der Waals surface area contributed by atoms with E-state index in [0.717, 1.165) is 12.8 Å². The van der Waals surface area contributed by atoms with Crippen LogP contribution in [0.1, 0.15) is 12.8 Å². The fraction of sp³-hybridized carbons (Fsp3) is 0.875. The van der Waals surface area contributed by atoms with Crippen LogP contribution in [0.2, 0.25) is 0 Å². The van der Waals surface area contributed by atoms with E-state index in [9.17, 15) is 18.0 Å². The smallest absolute Gasteiger partial charge is 0.303 e. The summed E-state index contributed by atoms with van der Waals surface area (Å²) in [5, 5.41) is 0. The highest BCUT2D eigenvalue weighted by molar-refractivity contribution is 5.55. The molecule has 1 fully saturated rings. The number of nitrogens with zero attached hydrogens (tertiary/aromatic N) is 1. The van der Waals surface area contributed by atoms with Gasteiger partial charge in [-0.1, -0.05) is 0 Å². The molecule has 2 nitrogen and oxygen atoms in total. The molecule has 1 atom stereocenters. The zero-order valence-corrected chi connectivity index (χ0v) is 7.18. The average molecular weight is 195 g/mol. The Morgan fingerprint density at radius 2 is 1.85 bits per heavy atom. The molecule has 0 unspecified atom stereocenters. The third kappa shape index (κ3) is 2.99. The Labute approximate surface area is 74.7 Å². The van der Waals surface area contributed by atoms with Crippen LogP contribution in [0.25, 0.3) is 0 Å². The maximum absolute atomic E-state index is 12.1. The zero-order chi connectivity index (χ0) is 9.90. The Balaban J connectivity index is 2.43.